The third-order valence-electron chi connectivity index (χ3n) is 5.03. The zero-order chi connectivity index (χ0) is 21.8. The van der Waals surface area contributed by atoms with Crippen molar-refractivity contribution in [3.8, 4) is 5.75 Å². The monoisotopic (exact) mass is 427 g/mol. The van der Waals surface area contributed by atoms with Gasteiger partial charge in [0.25, 0.3) is 0 Å². The molecule has 2 aromatic heterocycles. The molecule has 0 amide bonds. The first kappa shape index (κ1) is 19.6. The summed E-state index contributed by atoms with van der Waals surface area (Å²) in [4.78, 5) is 0. The largest absolute Gasteiger partial charge is 0.497 e. The average molecular weight is 428 g/mol. The van der Waals surface area contributed by atoms with Gasteiger partial charge in [-0.15, -0.1) is 5.10 Å². The molecule has 5 aromatic rings. The number of aromatic amines is 1. The number of hydrogen-bond acceptors (Lipinski definition) is 6. The first-order valence-electron chi connectivity index (χ1n) is 10.2. The molecule has 0 bridgehead atoms. The molecule has 5 rings (SSSR count). The summed E-state index contributed by atoms with van der Waals surface area (Å²) in [6, 6.07) is 24.2. The van der Waals surface area contributed by atoms with E-state index in [9.17, 15) is 0 Å². The summed E-state index contributed by atoms with van der Waals surface area (Å²) in [5, 5.41) is 19.9. The molecule has 7 nitrogen and oxygen atoms in total. The van der Waals surface area contributed by atoms with Crippen LogP contribution in [-0.2, 0) is 6.42 Å². The van der Waals surface area contributed by atoms with Gasteiger partial charge >= 0.3 is 6.01 Å². The number of nitrogens with zero attached hydrogens (tertiary/aromatic N) is 3. The molecule has 2 heterocycles. The molecular formula is C25H25N5O2. The lowest BCUT2D eigenvalue weighted by molar-refractivity contribution is 0.414. The summed E-state index contributed by atoms with van der Waals surface area (Å²) in [6.07, 6.45) is 4.57. The number of aromatic nitrogens is 4. The van der Waals surface area contributed by atoms with Crippen LogP contribution in [-0.4, -0.2) is 27.5 Å². The maximum atomic E-state index is 5.78. The van der Waals surface area contributed by atoms with E-state index >= 15 is 0 Å². The van der Waals surface area contributed by atoms with Crippen molar-refractivity contribution < 1.29 is 12.0 Å². The van der Waals surface area contributed by atoms with Crippen LogP contribution >= 0.6 is 0 Å². The van der Waals surface area contributed by atoms with Gasteiger partial charge in [0, 0.05) is 13.9 Å². The van der Waals surface area contributed by atoms with Crippen LogP contribution in [0.1, 0.15) is 25.6 Å². The Morgan fingerprint density at radius 1 is 1.00 bits per heavy atom. The summed E-state index contributed by atoms with van der Waals surface area (Å²) >= 11 is 0. The topological polar surface area (TPSA) is 88.9 Å². The van der Waals surface area contributed by atoms with E-state index in [1.807, 2.05) is 72.8 Å². The number of methoxy groups -OCH3 is 1. The van der Waals surface area contributed by atoms with Gasteiger partial charge in [-0.05, 0) is 47.5 Å². The molecule has 0 fully saturated rings. The summed E-state index contributed by atoms with van der Waals surface area (Å²) < 4.78 is 11.0. The predicted octanol–water partition coefficient (Wildman–Crippen LogP) is 5.95. The van der Waals surface area contributed by atoms with Crippen molar-refractivity contribution in [1.29, 1.82) is 0 Å². The van der Waals surface area contributed by atoms with Crippen LogP contribution in [0.5, 0.6) is 5.75 Å². The van der Waals surface area contributed by atoms with Crippen molar-refractivity contribution in [2.24, 2.45) is 0 Å². The summed E-state index contributed by atoms with van der Waals surface area (Å²) in [6.45, 7) is 0. The molecule has 0 aliphatic heterocycles. The molecule has 0 saturated carbocycles. The lowest BCUT2D eigenvalue weighted by Gasteiger charge is -2.02. The molecule has 2 N–H and O–H groups in total. The first-order chi connectivity index (χ1) is 15.8. The van der Waals surface area contributed by atoms with Crippen LogP contribution in [0.2, 0.25) is 0 Å². The standard InChI is InChI=1S/C25H21N5O2.2H2/c1-31-20-9-5-8-18(14-20)15-24-29-30-25(32-24)26-19-11-13-23-21(16-19)22(27-28-23)12-10-17-6-3-2-4-7-17;;/h2-14,16H,15H2,1H3,(H,26,30)(H,27,28);2*1H/b12-10+;;. The lowest BCUT2D eigenvalue weighted by atomic mass is 10.1. The number of rotatable bonds is 7. The molecule has 0 unspecified atom stereocenters. The summed E-state index contributed by atoms with van der Waals surface area (Å²) in [7, 11) is 1.65. The molecule has 0 saturated heterocycles. The molecule has 7 heteroatoms. The van der Waals surface area contributed by atoms with Crippen LogP contribution in [0.15, 0.2) is 77.2 Å². The van der Waals surface area contributed by atoms with Gasteiger partial charge in [-0.3, -0.25) is 5.10 Å². The second-order valence-corrected chi connectivity index (χ2v) is 7.27. The van der Waals surface area contributed by atoms with Gasteiger partial charge in [-0.2, -0.15) is 5.10 Å². The Morgan fingerprint density at radius 2 is 1.91 bits per heavy atom. The Kier molecular flexibility index (Phi) is 5.36. The Hall–Kier alpha value is -4.39. The van der Waals surface area contributed by atoms with E-state index < -0.39 is 0 Å². The van der Waals surface area contributed by atoms with E-state index in [-0.39, 0.29) is 2.85 Å². The van der Waals surface area contributed by atoms with Crippen molar-refractivity contribution in [3.63, 3.8) is 0 Å². The molecule has 32 heavy (non-hydrogen) atoms. The number of nitrogens with one attached hydrogen (secondary N) is 2. The molecule has 0 atom stereocenters. The Morgan fingerprint density at radius 3 is 2.78 bits per heavy atom. The lowest BCUT2D eigenvalue weighted by Crippen LogP contribution is -1.90. The minimum atomic E-state index is 0. The van der Waals surface area contributed by atoms with Crippen molar-refractivity contribution in [3.05, 3.63) is 95.5 Å². The molecule has 0 radical (unpaired) electrons. The minimum absolute atomic E-state index is 0. The van der Waals surface area contributed by atoms with E-state index in [4.69, 9.17) is 9.15 Å². The second-order valence-electron chi connectivity index (χ2n) is 7.27. The molecule has 0 spiro atoms. The maximum absolute atomic E-state index is 5.78. The highest BCUT2D eigenvalue weighted by atomic mass is 16.5. The Bertz CT molecular complexity index is 1380. The van der Waals surface area contributed by atoms with Gasteiger partial charge < -0.3 is 14.5 Å². The zero-order valence-electron chi connectivity index (χ0n) is 17.4. The van der Waals surface area contributed by atoms with Gasteiger partial charge in [0.15, 0.2) is 0 Å². The van der Waals surface area contributed by atoms with Crippen LogP contribution in [0.25, 0.3) is 23.1 Å². The van der Waals surface area contributed by atoms with Crippen LogP contribution in [0, 0.1) is 0 Å². The van der Waals surface area contributed by atoms with E-state index in [1.165, 1.54) is 0 Å². The highest BCUT2D eigenvalue weighted by Gasteiger charge is 2.10. The average Bonchev–Trinajstić information content (AvgIpc) is 3.45. The quantitative estimate of drug-likeness (QED) is 0.334. The van der Waals surface area contributed by atoms with Gasteiger partial charge in [-0.25, -0.2) is 0 Å². The molecule has 0 aliphatic carbocycles. The van der Waals surface area contributed by atoms with E-state index in [2.05, 4.69) is 37.8 Å². The van der Waals surface area contributed by atoms with Crippen molar-refractivity contribution in [1.82, 2.24) is 20.4 Å². The van der Waals surface area contributed by atoms with Gasteiger partial charge in [-0.1, -0.05) is 53.6 Å². The zero-order valence-corrected chi connectivity index (χ0v) is 17.4. The third-order valence-corrected chi connectivity index (χ3v) is 5.03. The van der Waals surface area contributed by atoms with Gasteiger partial charge in [0.1, 0.15) is 5.75 Å². The fourth-order valence-corrected chi connectivity index (χ4v) is 3.43. The van der Waals surface area contributed by atoms with Gasteiger partial charge in [0.2, 0.25) is 5.89 Å². The number of benzene rings is 3. The molecular weight excluding hydrogens is 402 g/mol. The van der Waals surface area contributed by atoms with Gasteiger partial charge in [0.05, 0.1) is 24.7 Å². The minimum Gasteiger partial charge on any atom is -0.497 e. The van der Waals surface area contributed by atoms with E-state index in [0.717, 1.165) is 39.2 Å². The van der Waals surface area contributed by atoms with Crippen LogP contribution in [0.4, 0.5) is 11.7 Å². The Labute approximate surface area is 187 Å². The maximum Gasteiger partial charge on any atom is 0.320 e. The van der Waals surface area contributed by atoms with E-state index in [0.29, 0.717) is 18.3 Å². The first-order valence-corrected chi connectivity index (χ1v) is 10.2. The van der Waals surface area contributed by atoms with Crippen LogP contribution in [0.3, 0.4) is 0 Å². The van der Waals surface area contributed by atoms with Crippen LogP contribution < -0.4 is 10.1 Å². The predicted molar refractivity (Wildman–Crippen MR) is 129 cm³/mol. The number of hydrogen-bond donors (Lipinski definition) is 2. The number of fused-ring (bicyclic) bond motifs is 1. The summed E-state index contributed by atoms with van der Waals surface area (Å²) in [5.41, 5.74) is 4.80. The van der Waals surface area contributed by atoms with E-state index in [1.54, 1.807) is 7.11 Å². The summed E-state index contributed by atoms with van der Waals surface area (Å²) in [5.74, 6) is 1.32. The third kappa shape index (κ3) is 4.37. The Balaban J connectivity index is 0.00000162. The number of H-pyrrole nitrogens is 1. The van der Waals surface area contributed by atoms with Crippen molar-refractivity contribution in [2.45, 2.75) is 6.42 Å². The normalized spacial score (nSPS) is 11.3. The smallest absolute Gasteiger partial charge is 0.320 e. The second kappa shape index (κ2) is 8.77. The number of ether oxygens (including phenoxy) is 1. The highest BCUT2D eigenvalue weighted by Crippen LogP contribution is 2.25. The molecule has 3 aromatic carbocycles. The highest BCUT2D eigenvalue weighted by molar-refractivity contribution is 5.91. The number of anilines is 2. The molecule has 0 aliphatic rings. The fourth-order valence-electron chi connectivity index (χ4n) is 3.43. The SMILES string of the molecule is COc1cccc(Cc2nnc(Nc3ccc4[nH]nc(/C=C/c5ccccc5)c4c3)o2)c1.[HH].[HH]. The molecule has 162 valence electrons. The van der Waals surface area contributed by atoms with Crippen molar-refractivity contribution in [2.75, 3.05) is 12.4 Å². The fraction of sp³-hybridized carbons (Fsp3) is 0.0800. The van der Waals surface area contributed by atoms with Crippen molar-refractivity contribution >= 4 is 34.8 Å².